The van der Waals surface area contributed by atoms with Crippen molar-refractivity contribution >= 4 is 24.6 Å². The Hall–Kier alpha value is -3.56. The van der Waals surface area contributed by atoms with Crippen LogP contribution in [0.1, 0.15) is 38.3 Å². The summed E-state index contributed by atoms with van der Waals surface area (Å²) in [4.78, 5) is 25.9. The van der Waals surface area contributed by atoms with E-state index < -0.39 is 17.4 Å². The fourth-order valence-electron chi connectivity index (χ4n) is 3.95. The molecule has 0 atom stereocenters. The van der Waals surface area contributed by atoms with Crippen LogP contribution >= 0.6 is 0 Å². The van der Waals surface area contributed by atoms with Crippen molar-refractivity contribution in [2.45, 2.75) is 45.1 Å². The summed E-state index contributed by atoms with van der Waals surface area (Å²) in [7, 11) is 0. The van der Waals surface area contributed by atoms with Crippen LogP contribution in [0, 0.1) is 24.5 Å². The molecule has 1 aliphatic heterocycles. The normalized spacial score (nSPS) is 17.8. The number of aryl methyl sites for hydroxylation is 1. The molecule has 2 heterocycles. The van der Waals surface area contributed by atoms with Crippen molar-refractivity contribution in [2.75, 3.05) is 19.7 Å². The number of hydrogen-bond acceptors (Lipinski definition) is 5. The van der Waals surface area contributed by atoms with Crippen molar-refractivity contribution in [2.24, 2.45) is 21.6 Å². The summed E-state index contributed by atoms with van der Waals surface area (Å²) in [6.45, 7) is 4.91. The highest BCUT2D eigenvalue weighted by Crippen LogP contribution is 2.39. The quantitative estimate of drug-likeness (QED) is 0.450. The first-order valence-corrected chi connectivity index (χ1v) is 11.6. The van der Waals surface area contributed by atoms with Crippen LogP contribution in [0.25, 0.3) is 11.1 Å². The van der Waals surface area contributed by atoms with Crippen LogP contribution < -0.4 is 10.5 Å². The fraction of sp³-hybridized carbons (Fsp3) is 0.440. The summed E-state index contributed by atoms with van der Waals surface area (Å²) in [5, 5.41) is 0. The minimum absolute atomic E-state index is 0.0946. The molecule has 186 valence electrons. The second kappa shape index (κ2) is 10.4. The lowest BCUT2D eigenvalue weighted by Gasteiger charge is -2.32. The molecule has 1 aromatic carbocycles. The fourth-order valence-corrected chi connectivity index (χ4v) is 3.95. The van der Waals surface area contributed by atoms with Gasteiger partial charge in [0.2, 0.25) is 0 Å². The third-order valence-corrected chi connectivity index (χ3v) is 6.35. The molecule has 35 heavy (non-hydrogen) atoms. The molecule has 2 N–H and O–H groups in total. The molecule has 0 radical (unpaired) electrons. The summed E-state index contributed by atoms with van der Waals surface area (Å²) in [5.41, 5.74) is 6.35. The van der Waals surface area contributed by atoms with Crippen molar-refractivity contribution in [1.29, 1.82) is 0 Å². The summed E-state index contributed by atoms with van der Waals surface area (Å²) < 4.78 is 40.6. The minimum Gasteiger partial charge on any atom is -0.487 e. The largest absolute Gasteiger partial charge is 0.487 e. The van der Waals surface area contributed by atoms with Gasteiger partial charge in [0.05, 0.1) is 12.9 Å². The second-order valence-electron chi connectivity index (χ2n) is 9.17. The Morgan fingerprint density at radius 2 is 1.94 bits per heavy atom. The highest BCUT2D eigenvalue weighted by Gasteiger charge is 2.43. The molecule has 1 aromatic heterocycles. The van der Waals surface area contributed by atoms with Crippen molar-refractivity contribution in [3.63, 3.8) is 0 Å². The van der Waals surface area contributed by atoms with Gasteiger partial charge in [0.15, 0.2) is 23.2 Å². The third kappa shape index (κ3) is 6.12. The van der Waals surface area contributed by atoms with Crippen molar-refractivity contribution < 1.29 is 23.0 Å². The lowest BCUT2D eigenvalue weighted by molar-refractivity contribution is 0.0453. The van der Waals surface area contributed by atoms with Crippen molar-refractivity contribution in [3.05, 3.63) is 41.6 Å². The number of halogens is 2. The third-order valence-electron chi connectivity index (χ3n) is 6.35. The van der Waals surface area contributed by atoms with E-state index in [0.29, 0.717) is 48.6 Å². The number of hydrogen-bond donors (Lipinski definition) is 1. The maximum absolute atomic E-state index is 14.8. The van der Waals surface area contributed by atoms with Gasteiger partial charge in [-0.05, 0) is 75.3 Å². The number of ether oxygens (including phenoxy) is 2. The number of likely N-dealkylation sites (tertiary alicyclic amines) is 1. The molecule has 0 unspecified atom stereocenters. The van der Waals surface area contributed by atoms with Crippen LogP contribution in [-0.4, -0.2) is 54.0 Å². The summed E-state index contributed by atoms with van der Waals surface area (Å²) in [6.07, 6.45) is 5.25. The van der Waals surface area contributed by atoms with Crippen LogP contribution in [0.4, 0.5) is 19.4 Å². The number of nitrogens with zero attached hydrogens (tertiary/aromatic N) is 4. The van der Waals surface area contributed by atoms with Crippen molar-refractivity contribution in [3.8, 4) is 16.9 Å². The maximum Gasteiger partial charge on any atom is 0.410 e. The van der Waals surface area contributed by atoms with E-state index in [2.05, 4.69) is 15.0 Å². The van der Waals surface area contributed by atoms with Crippen molar-refractivity contribution in [1.82, 2.24) is 9.88 Å². The number of amides is 1. The molecule has 2 aromatic rings. The number of aromatic nitrogens is 1. The molecule has 0 spiro atoms. The van der Waals surface area contributed by atoms with Crippen LogP contribution in [0.3, 0.4) is 0 Å². The van der Waals surface area contributed by atoms with Gasteiger partial charge in [0, 0.05) is 24.3 Å². The first-order chi connectivity index (χ1) is 16.8. The summed E-state index contributed by atoms with van der Waals surface area (Å²) >= 11 is 0. The van der Waals surface area contributed by atoms with Gasteiger partial charge < -0.3 is 20.1 Å². The van der Waals surface area contributed by atoms with E-state index in [1.165, 1.54) is 18.5 Å². The van der Waals surface area contributed by atoms with E-state index in [9.17, 15) is 13.6 Å². The molecule has 1 amide bonds. The molecular formula is C25H29F2N5O3. The van der Waals surface area contributed by atoms with E-state index in [1.54, 1.807) is 24.0 Å². The Labute approximate surface area is 202 Å². The van der Waals surface area contributed by atoms with Gasteiger partial charge in [0.1, 0.15) is 11.9 Å². The smallest absolute Gasteiger partial charge is 0.410 e. The number of carbonyl (C=O) groups excluding carboxylic acids is 1. The van der Waals surface area contributed by atoms with Crippen LogP contribution in [0.5, 0.6) is 5.75 Å². The Morgan fingerprint density at radius 1 is 1.26 bits per heavy atom. The zero-order valence-electron chi connectivity index (χ0n) is 19.8. The first-order valence-electron chi connectivity index (χ1n) is 11.6. The minimum atomic E-state index is -0.780. The van der Waals surface area contributed by atoms with Gasteiger partial charge in [-0.15, -0.1) is 0 Å². The number of carbonyl (C=O) groups is 1. The number of benzene rings is 1. The zero-order chi connectivity index (χ0) is 25.0. The van der Waals surface area contributed by atoms with Gasteiger partial charge in [-0.3, -0.25) is 0 Å². The molecule has 1 saturated heterocycles. The molecule has 10 heteroatoms. The molecule has 4 rings (SSSR count). The highest BCUT2D eigenvalue weighted by atomic mass is 19.1. The zero-order valence-corrected chi connectivity index (χ0v) is 19.8. The number of piperidine rings is 1. The Morgan fingerprint density at radius 3 is 2.54 bits per heavy atom. The molecule has 0 bridgehead atoms. The number of pyridine rings is 1. The Bertz CT molecular complexity index is 1120. The highest BCUT2D eigenvalue weighted by molar-refractivity contribution is 5.72. The standard InChI is InChI=1S/C25H29F2N5O3/c1-16-19(3-4-22(31-16)30-15-29-14-28)18-11-20(26)23(21(27)12-18)34-13-17-5-9-32(10-6-17)24(33)35-25(2)7-8-25/h3-4,11-12,14-15,17H,5-10,13H2,1-2H3,(H2,28,29,30,31). The average Bonchev–Trinajstić information content (AvgIpc) is 3.55. The van der Waals surface area contributed by atoms with E-state index in [0.717, 1.165) is 19.2 Å². The van der Waals surface area contributed by atoms with Gasteiger partial charge >= 0.3 is 6.09 Å². The van der Waals surface area contributed by atoms with E-state index in [4.69, 9.17) is 15.2 Å². The second-order valence-corrected chi connectivity index (χ2v) is 9.17. The van der Waals surface area contributed by atoms with Crippen LogP contribution in [0.15, 0.2) is 34.3 Å². The number of nitrogens with two attached hydrogens (primary N) is 1. The monoisotopic (exact) mass is 485 g/mol. The summed E-state index contributed by atoms with van der Waals surface area (Å²) in [6, 6.07) is 5.79. The van der Waals surface area contributed by atoms with Gasteiger partial charge in [-0.2, -0.15) is 0 Å². The molecule has 2 fully saturated rings. The van der Waals surface area contributed by atoms with Gasteiger partial charge in [-0.25, -0.2) is 28.5 Å². The maximum atomic E-state index is 14.8. The number of rotatable bonds is 7. The molecule has 1 aliphatic carbocycles. The molecular weight excluding hydrogens is 456 g/mol. The van der Waals surface area contributed by atoms with Crippen LogP contribution in [0.2, 0.25) is 0 Å². The van der Waals surface area contributed by atoms with E-state index in [-0.39, 0.29) is 24.2 Å². The predicted molar refractivity (Wildman–Crippen MR) is 129 cm³/mol. The lowest BCUT2D eigenvalue weighted by atomic mass is 9.98. The average molecular weight is 486 g/mol. The van der Waals surface area contributed by atoms with Crippen LogP contribution in [-0.2, 0) is 4.74 Å². The SMILES string of the molecule is Cc1nc(N=CN=CN)ccc1-c1cc(F)c(OCC2CCN(C(=O)OC3(C)CC3)CC2)c(F)c1. The molecule has 8 nitrogen and oxygen atoms in total. The van der Waals surface area contributed by atoms with Gasteiger partial charge in [0.25, 0.3) is 0 Å². The molecule has 1 saturated carbocycles. The summed E-state index contributed by atoms with van der Waals surface area (Å²) in [5.74, 6) is -1.46. The van der Waals surface area contributed by atoms with Gasteiger partial charge in [-0.1, -0.05) is 0 Å². The molecule has 2 aliphatic rings. The topological polar surface area (TPSA) is 102 Å². The predicted octanol–water partition coefficient (Wildman–Crippen LogP) is 4.76. The Kier molecular flexibility index (Phi) is 7.28. The Balaban J connectivity index is 1.35. The lowest BCUT2D eigenvalue weighted by Crippen LogP contribution is -2.41. The van der Waals surface area contributed by atoms with E-state index >= 15 is 0 Å². The first kappa shape index (κ1) is 24.6. The number of aliphatic imine (C=N–C) groups is 2. The van der Waals surface area contributed by atoms with E-state index in [1.807, 2.05) is 6.92 Å².